The molecule has 2 saturated carbocycles. The van der Waals surface area contributed by atoms with Crippen molar-refractivity contribution in [3.05, 3.63) is 41.7 Å². The van der Waals surface area contributed by atoms with Crippen LogP contribution in [-0.2, 0) is 14.9 Å². The van der Waals surface area contributed by atoms with Crippen LogP contribution in [0.4, 0.5) is 9.18 Å². The summed E-state index contributed by atoms with van der Waals surface area (Å²) in [6.07, 6.45) is 6.81. The van der Waals surface area contributed by atoms with Gasteiger partial charge in [0.1, 0.15) is 12.4 Å². The van der Waals surface area contributed by atoms with Crippen molar-refractivity contribution in [3.8, 4) is 5.75 Å². The fourth-order valence-corrected chi connectivity index (χ4v) is 5.76. The lowest BCUT2D eigenvalue weighted by molar-refractivity contribution is -0.133. The second kappa shape index (κ2) is 10.1. The van der Waals surface area contributed by atoms with E-state index in [-0.39, 0.29) is 41.5 Å². The van der Waals surface area contributed by atoms with Crippen LogP contribution in [0.3, 0.4) is 0 Å². The minimum absolute atomic E-state index is 0.0131. The van der Waals surface area contributed by atoms with Gasteiger partial charge < -0.3 is 25.2 Å². The SMILES string of the molecule is O=C(O)NC/C(=C\F)COc1ccc(C23CCCC(C(=O)NC4CCOCC4)(CC2)C3)cc1. The number of carbonyl (C=O) groups is 2. The summed E-state index contributed by atoms with van der Waals surface area (Å²) in [5.41, 5.74) is 1.18. The van der Waals surface area contributed by atoms with Crippen LogP contribution in [0.15, 0.2) is 36.2 Å². The zero-order chi connectivity index (χ0) is 23.3. The third-order valence-electron chi connectivity index (χ3n) is 7.62. The number of fused-ring (bicyclic) bond motifs is 2. The largest absolute Gasteiger partial charge is 0.489 e. The standard InChI is InChI=1S/C25H33FN2O5/c26-14-18(15-27-23(30)31)16-33-21-4-2-19(3-5-21)24-8-1-9-25(17-24,11-10-24)22(29)28-20-6-12-32-13-7-20/h2-5,14,20,27H,1,6-13,15-17H2,(H,28,29)(H,30,31)/b18-14+. The van der Waals surface area contributed by atoms with E-state index < -0.39 is 6.09 Å². The smallest absolute Gasteiger partial charge is 0.404 e. The molecule has 3 aliphatic rings. The Balaban J connectivity index is 1.37. The highest BCUT2D eigenvalue weighted by Crippen LogP contribution is 2.59. The summed E-state index contributed by atoms with van der Waals surface area (Å²) in [7, 11) is 0. The lowest BCUT2D eigenvalue weighted by atomic mass is 9.65. The Morgan fingerprint density at radius 1 is 1.15 bits per heavy atom. The van der Waals surface area contributed by atoms with Crippen LogP contribution in [-0.4, -0.2) is 49.5 Å². The van der Waals surface area contributed by atoms with E-state index in [0.717, 1.165) is 64.6 Å². The molecule has 2 unspecified atom stereocenters. The number of rotatable bonds is 8. The van der Waals surface area contributed by atoms with E-state index >= 15 is 0 Å². The van der Waals surface area contributed by atoms with Crippen molar-refractivity contribution < 1.29 is 28.6 Å². The molecule has 1 aromatic carbocycles. The van der Waals surface area contributed by atoms with Gasteiger partial charge in [-0.25, -0.2) is 9.18 Å². The number of amides is 2. The molecule has 2 atom stereocenters. The third kappa shape index (κ3) is 5.32. The molecular weight excluding hydrogens is 427 g/mol. The monoisotopic (exact) mass is 460 g/mol. The molecule has 4 rings (SSSR count). The maximum absolute atomic E-state index is 13.3. The molecule has 0 radical (unpaired) electrons. The van der Waals surface area contributed by atoms with Gasteiger partial charge in [-0.15, -0.1) is 0 Å². The molecule has 7 nitrogen and oxygen atoms in total. The Bertz CT molecular complexity index is 883. The number of hydrogen-bond acceptors (Lipinski definition) is 4. The van der Waals surface area contributed by atoms with Gasteiger partial charge in [0, 0.05) is 31.4 Å². The van der Waals surface area contributed by atoms with Crippen molar-refractivity contribution in [1.82, 2.24) is 10.6 Å². The molecule has 3 N–H and O–H groups in total. The summed E-state index contributed by atoms with van der Waals surface area (Å²) < 4.78 is 24.0. The van der Waals surface area contributed by atoms with Crippen LogP contribution >= 0.6 is 0 Å². The van der Waals surface area contributed by atoms with E-state index in [9.17, 15) is 14.0 Å². The zero-order valence-electron chi connectivity index (χ0n) is 18.9. The highest BCUT2D eigenvalue weighted by atomic mass is 19.1. The van der Waals surface area contributed by atoms with Gasteiger partial charge >= 0.3 is 6.09 Å². The molecule has 1 aromatic rings. The van der Waals surface area contributed by atoms with Gasteiger partial charge in [-0.1, -0.05) is 18.6 Å². The maximum Gasteiger partial charge on any atom is 0.404 e. The molecule has 1 heterocycles. The molecule has 0 spiro atoms. The summed E-state index contributed by atoms with van der Waals surface area (Å²) in [5.74, 6) is 0.818. The van der Waals surface area contributed by atoms with Gasteiger partial charge in [-0.05, 0) is 68.1 Å². The topological polar surface area (TPSA) is 96.9 Å². The highest BCUT2D eigenvalue weighted by molar-refractivity contribution is 5.84. The summed E-state index contributed by atoms with van der Waals surface area (Å²) in [5, 5.41) is 14.1. The molecule has 3 fully saturated rings. The summed E-state index contributed by atoms with van der Waals surface area (Å²) in [6, 6.07) is 8.09. The second-order valence-electron chi connectivity index (χ2n) is 9.69. The highest BCUT2D eigenvalue weighted by Gasteiger charge is 2.55. The van der Waals surface area contributed by atoms with Gasteiger partial charge in [0.05, 0.1) is 11.7 Å². The summed E-state index contributed by atoms with van der Waals surface area (Å²) >= 11 is 0. The van der Waals surface area contributed by atoms with Crippen molar-refractivity contribution in [2.75, 3.05) is 26.4 Å². The number of hydrogen-bond donors (Lipinski definition) is 3. The molecule has 8 heteroatoms. The van der Waals surface area contributed by atoms with Gasteiger partial charge in [0.25, 0.3) is 0 Å². The van der Waals surface area contributed by atoms with Crippen LogP contribution in [0.1, 0.15) is 56.9 Å². The van der Waals surface area contributed by atoms with Crippen LogP contribution < -0.4 is 15.4 Å². The van der Waals surface area contributed by atoms with Crippen molar-refractivity contribution in [1.29, 1.82) is 0 Å². The van der Waals surface area contributed by atoms with E-state index in [1.54, 1.807) is 0 Å². The summed E-state index contributed by atoms with van der Waals surface area (Å²) in [6.45, 7) is 1.28. The van der Waals surface area contributed by atoms with E-state index in [4.69, 9.17) is 14.6 Å². The molecule has 2 aliphatic carbocycles. The van der Waals surface area contributed by atoms with Crippen LogP contribution in [0, 0.1) is 5.41 Å². The number of benzene rings is 1. The molecule has 180 valence electrons. The molecule has 1 saturated heterocycles. The van der Waals surface area contributed by atoms with Crippen molar-refractivity contribution in [2.24, 2.45) is 5.41 Å². The average Bonchev–Trinajstić information content (AvgIpc) is 3.12. The van der Waals surface area contributed by atoms with Crippen LogP contribution in [0.25, 0.3) is 0 Å². The third-order valence-corrected chi connectivity index (χ3v) is 7.62. The first kappa shape index (κ1) is 23.5. The first-order valence-corrected chi connectivity index (χ1v) is 11.8. The maximum atomic E-state index is 13.3. The zero-order valence-corrected chi connectivity index (χ0v) is 18.9. The average molecular weight is 461 g/mol. The first-order chi connectivity index (χ1) is 15.9. The van der Waals surface area contributed by atoms with Gasteiger partial charge in [0.2, 0.25) is 5.91 Å². The predicted molar refractivity (Wildman–Crippen MR) is 121 cm³/mol. The van der Waals surface area contributed by atoms with Crippen LogP contribution in [0.5, 0.6) is 5.75 Å². The molecule has 33 heavy (non-hydrogen) atoms. The van der Waals surface area contributed by atoms with Crippen molar-refractivity contribution in [3.63, 3.8) is 0 Å². The number of nitrogens with one attached hydrogen (secondary N) is 2. The molecule has 2 amide bonds. The van der Waals surface area contributed by atoms with Crippen molar-refractivity contribution in [2.45, 2.75) is 62.8 Å². The minimum atomic E-state index is -1.21. The minimum Gasteiger partial charge on any atom is -0.489 e. The predicted octanol–water partition coefficient (Wildman–Crippen LogP) is 4.07. The second-order valence-corrected chi connectivity index (χ2v) is 9.69. The lowest BCUT2D eigenvalue weighted by Crippen LogP contribution is -2.48. The first-order valence-electron chi connectivity index (χ1n) is 11.8. The summed E-state index contributed by atoms with van der Waals surface area (Å²) in [4.78, 5) is 23.9. The van der Waals surface area contributed by atoms with E-state index in [0.29, 0.717) is 12.1 Å². The normalized spacial score (nSPS) is 27.7. The van der Waals surface area contributed by atoms with E-state index in [2.05, 4.69) is 22.8 Å². The number of halogens is 1. The van der Waals surface area contributed by atoms with E-state index in [1.165, 1.54) is 5.56 Å². The Kier molecular flexibility index (Phi) is 7.22. The Hall–Kier alpha value is -2.61. The number of carbonyl (C=O) groups excluding carboxylic acids is 1. The quantitative estimate of drug-likeness (QED) is 0.543. The molecular formula is C25H33FN2O5. The van der Waals surface area contributed by atoms with Gasteiger partial charge in [0.15, 0.2) is 0 Å². The van der Waals surface area contributed by atoms with Gasteiger partial charge in [-0.2, -0.15) is 0 Å². The molecule has 1 aliphatic heterocycles. The van der Waals surface area contributed by atoms with E-state index in [1.807, 2.05) is 12.1 Å². The Labute approximate surface area is 193 Å². The molecule has 2 bridgehead atoms. The van der Waals surface area contributed by atoms with Crippen molar-refractivity contribution >= 4 is 12.0 Å². The lowest BCUT2D eigenvalue weighted by Gasteiger charge is -2.40. The van der Waals surface area contributed by atoms with Crippen LogP contribution in [0.2, 0.25) is 0 Å². The fraction of sp³-hybridized carbons (Fsp3) is 0.600. The molecule has 0 aromatic heterocycles. The number of carboxylic acid groups (broad SMARTS) is 1. The Morgan fingerprint density at radius 3 is 2.61 bits per heavy atom. The Morgan fingerprint density at radius 2 is 1.91 bits per heavy atom. The van der Waals surface area contributed by atoms with Gasteiger partial charge in [-0.3, -0.25) is 4.79 Å². The fourth-order valence-electron chi connectivity index (χ4n) is 5.76. The number of ether oxygens (including phenoxy) is 2.